The van der Waals surface area contributed by atoms with E-state index in [1.807, 2.05) is 24.8 Å². The summed E-state index contributed by atoms with van der Waals surface area (Å²) in [4.78, 5) is 33.6. The Balaban J connectivity index is 1.41. The number of anilines is 1. The van der Waals surface area contributed by atoms with Gasteiger partial charge in [0, 0.05) is 29.7 Å². The van der Waals surface area contributed by atoms with E-state index >= 15 is 0 Å². The van der Waals surface area contributed by atoms with Gasteiger partial charge in [0.15, 0.2) is 0 Å². The molecule has 2 aliphatic rings. The number of rotatable bonds is 5. The molecular formula is C22H27N3O3S. The van der Waals surface area contributed by atoms with Crippen LogP contribution in [0.4, 0.5) is 5.69 Å². The number of hydrogen-bond acceptors (Lipinski definition) is 6. The first-order chi connectivity index (χ1) is 14.0. The van der Waals surface area contributed by atoms with Gasteiger partial charge in [-0.3, -0.25) is 14.5 Å². The molecule has 1 aromatic heterocycles. The second-order valence-electron chi connectivity index (χ2n) is 7.72. The smallest absolute Gasteiger partial charge is 0.310 e. The van der Waals surface area contributed by atoms with E-state index in [1.54, 1.807) is 11.3 Å². The predicted octanol–water partition coefficient (Wildman–Crippen LogP) is 3.28. The number of piperidine rings is 1. The lowest BCUT2D eigenvalue weighted by Crippen LogP contribution is -2.45. The van der Waals surface area contributed by atoms with Crippen LogP contribution in [0.2, 0.25) is 0 Å². The van der Waals surface area contributed by atoms with Crippen LogP contribution in [0.15, 0.2) is 23.6 Å². The Kier molecular flexibility index (Phi) is 5.96. The zero-order valence-electron chi connectivity index (χ0n) is 17.0. The van der Waals surface area contributed by atoms with Crippen LogP contribution in [0.3, 0.4) is 0 Å². The van der Waals surface area contributed by atoms with Crippen LogP contribution in [-0.2, 0) is 20.7 Å². The Morgan fingerprint density at radius 3 is 2.93 bits per heavy atom. The second kappa shape index (κ2) is 8.63. The molecule has 154 valence electrons. The summed E-state index contributed by atoms with van der Waals surface area (Å²) < 4.78 is 5.16. The highest BCUT2D eigenvalue weighted by Crippen LogP contribution is 2.33. The second-order valence-corrected chi connectivity index (χ2v) is 8.78. The normalized spacial score (nSPS) is 19.2. The fourth-order valence-electron chi connectivity index (χ4n) is 4.24. The van der Waals surface area contributed by atoms with Crippen molar-refractivity contribution in [2.24, 2.45) is 5.92 Å². The molecule has 3 heterocycles. The molecule has 1 amide bonds. The summed E-state index contributed by atoms with van der Waals surface area (Å²) in [5.74, 6) is -0.155. The van der Waals surface area contributed by atoms with Gasteiger partial charge in [-0.05, 0) is 57.4 Å². The summed E-state index contributed by atoms with van der Waals surface area (Å²) in [7, 11) is 0. The van der Waals surface area contributed by atoms with Gasteiger partial charge in [0.2, 0.25) is 5.91 Å². The van der Waals surface area contributed by atoms with Crippen molar-refractivity contribution >= 4 is 28.9 Å². The lowest BCUT2D eigenvalue weighted by atomic mass is 9.98. The van der Waals surface area contributed by atoms with Crippen LogP contribution in [0, 0.1) is 12.8 Å². The Morgan fingerprint density at radius 2 is 2.17 bits per heavy atom. The van der Waals surface area contributed by atoms with Crippen molar-refractivity contribution in [3.63, 3.8) is 0 Å². The van der Waals surface area contributed by atoms with Crippen LogP contribution >= 0.6 is 11.3 Å². The van der Waals surface area contributed by atoms with Gasteiger partial charge in [-0.1, -0.05) is 6.07 Å². The van der Waals surface area contributed by atoms with Crippen molar-refractivity contribution in [1.82, 2.24) is 9.88 Å². The first kappa shape index (κ1) is 20.0. The summed E-state index contributed by atoms with van der Waals surface area (Å²) in [6, 6.07) is 6.26. The zero-order valence-corrected chi connectivity index (χ0v) is 17.8. The molecule has 0 bridgehead atoms. The molecule has 1 fully saturated rings. The molecule has 7 heteroatoms. The third kappa shape index (κ3) is 4.36. The SMILES string of the molecule is CCOC(=O)[C@H]1CCCN(CC(=O)N2CCc3cc(-c4csc(C)n4)ccc32)C1. The summed E-state index contributed by atoms with van der Waals surface area (Å²) in [5.41, 5.74) is 4.31. The highest BCUT2D eigenvalue weighted by molar-refractivity contribution is 7.09. The van der Waals surface area contributed by atoms with Gasteiger partial charge in [0.1, 0.15) is 0 Å². The minimum atomic E-state index is -0.138. The number of nitrogens with zero attached hydrogens (tertiary/aromatic N) is 3. The van der Waals surface area contributed by atoms with Crippen molar-refractivity contribution in [3.05, 3.63) is 34.2 Å². The number of thiazole rings is 1. The van der Waals surface area contributed by atoms with E-state index in [2.05, 4.69) is 27.4 Å². The topological polar surface area (TPSA) is 62.7 Å². The molecule has 0 aliphatic carbocycles. The van der Waals surface area contributed by atoms with Crippen LogP contribution < -0.4 is 4.90 Å². The fraction of sp³-hybridized carbons (Fsp3) is 0.500. The highest BCUT2D eigenvalue weighted by atomic mass is 32.1. The third-order valence-electron chi connectivity index (χ3n) is 5.68. The number of amides is 1. The molecular weight excluding hydrogens is 386 g/mol. The molecule has 0 N–H and O–H groups in total. The molecule has 29 heavy (non-hydrogen) atoms. The van der Waals surface area contributed by atoms with Crippen LogP contribution in [0.5, 0.6) is 0 Å². The number of aromatic nitrogens is 1. The lowest BCUT2D eigenvalue weighted by Gasteiger charge is -2.32. The van der Waals surface area contributed by atoms with Crippen LogP contribution in [0.1, 0.15) is 30.3 Å². The summed E-state index contributed by atoms with van der Waals surface area (Å²) >= 11 is 1.65. The lowest BCUT2D eigenvalue weighted by molar-refractivity contribution is -0.150. The van der Waals surface area contributed by atoms with E-state index in [-0.39, 0.29) is 17.8 Å². The number of fused-ring (bicyclic) bond motifs is 1. The minimum Gasteiger partial charge on any atom is -0.466 e. The molecule has 6 nitrogen and oxygen atoms in total. The van der Waals surface area contributed by atoms with E-state index in [0.29, 0.717) is 26.2 Å². The zero-order chi connectivity index (χ0) is 20.4. The van der Waals surface area contributed by atoms with Crippen molar-refractivity contribution in [2.75, 3.05) is 37.7 Å². The Hall–Kier alpha value is -2.25. The largest absolute Gasteiger partial charge is 0.466 e. The summed E-state index contributed by atoms with van der Waals surface area (Å²) in [6.07, 6.45) is 2.63. The van der Waals surface area contributed by atoms with Crippen molar-refractivity contribution in [2.45, 2.75) is 33.1 Å². The predicted molar refractivity (Wildman–Crippen MR) is 114 cm³/mol. The number of hydrogen-bond donors (Lipinski definition) is 0. The number of likely N-dealkylation sites (tertiary alicyclic amines) is 1. The molecule has 1 atom stereocenters. The van der Waals surface area contributed by atoms with E-state index in [1.165, 1.54) is 5.56 Å². The Labute approximate surface area is 175 Å². The molecule has 4 rings (SSSR count). The minimum absolute atomic E-state index is 0.102. The van der Waals surface area contributed by atoms with Gasteiger partial charge < -0.3 is 9.64 Å². The maximum Gasteiger partial charge on any atom is 0.310 e. The van der Waals surface area contributed by atoms with E-state index in [0.717, 1.165) is 47.8 Å². The third-order valence-corrected chi connectivity index (χ3v) is 6.45. The molecule has 2 aromatic rings. The van der Waals surface area contributed by atoms with Gasteiger partial charge >= 0.3 is 5.97 Å². The molecule has 0 saturated carbocycles. The molecule has 2 aliphatic heterocycles. The molecule has 0 spiro atoms. The number of esters is 1. The van der Waals surface area contributed by atoms with E-state index in [4.69, 9.17) is 4.74 Å². The maximum atomic E-state index is 13.0. The summed E-state index contributed by atoms with van der Waals surface area (Å²) in [6.45, 7) is 6.76. The molecule has 1 aromatic carbocycles. The van der Waals surface area contributed by atoms with Gasteiger partial charge in [0.25, 0.3) is 0 Å². The standard InChI is InChI=1S/C22H27N3O3S/c1-3-28-22(27)18-5-4-9-24(12-18)13-21(26)25-10-8-17-11-16(6-7-20(17)25)19-14-29-15(2)23-19/h6-7,11,14,18H,3-5,8-10,12-13H2,1-2H3/t18-/m0/s1. The monoisotopic (exact) mass is 413 g/mol. The first-order valence-electron chi connectivity index (χ1n) is 10.3. The number of carbonyl (C=O) groups excluding carboxylic acids is 2. The average molecular weight is 414 g/mol. The highest BCUT2D eigenvalue weighted by Gasteiger charge is 2.31. The number of carbonyl (C=O) groups is 2. The van der Waals surface area contributed by atoms with E-state index < -0.39 is 0 Å². The van der Waals surface area contributed by atoms with Crippen LogP contribution in [-0.4, -0.2) is 54.5 Å². The van der Waals surface area contributed by atoms with Gasteiger partial charge in [-0.2, -0.15) is 0 Å². The Bertz CT molecular complexity index is 910. The maximum absolute atomic E-state index is 13.0. The molecule has 0 unspecified atom stereocenters. The number of benzene rings is 1. The number of ether oxygens (including phenoxy) is 1. The average Bonchev–Trinajstić information content (AvgIpc) is 3.34. The van der Waals surface area contributed by atoms with Crippen molar-refractivity contribution in [1.29, 1.82) is 0 Å². The van der Waals surface area contributed by atoms with E-state index in [9.17, 15) is 9.59 Å². The fourth-order valence-corrected chi connectivity index (χ4v) is 4.87. The van der Waals surface area contributed by atoms with Gasteiger partial charge in [-0.25, -0.2) is 4.98 Å². The quantitative estimate of drug-likeness (QED) is 0.704. The van der Waals surface area contributed by atoms with Crippen molar-refractivity contribution < 1.29 is 14.3 Å². The summed E-state index contributed by atoms with van der Waals surface area (Å²) in [5, 5.41) is 3.13. The molecule has 1 saturated heterocycles. The van der Waals surface area contributed by atoms with Gasteiger partial charge in [-0.15, -0.1) is 11.3 Å². The van der Waals surface area contributed by atoms with Crippen molar-refractivity contribution in [3.8, 4) is 11.3 Å². The van der Waals surface area contributed by atoms with Gasteiger partial charge in [0.05, 0.1) is 29.8 Å². The first-order valence-corrected chi connectivity index (χ1v) is 11.2. The Morgan fingerprint density at radius 1 is 1.31 bits per heavy atom. The number of aryl methyl sites for hydroxylation is 1. The van der Waals surface area contributed by atoms with Crippen LogP contribution in [0.25, 0.3) is 11.3 Å². The molecule has 0 radical (unpaired) electrons.